The minimum atomic E-state index is 0. The van der Waals surface area contributed by atoms with Gasteiger partial charge in [-0.3, -0.25) is 9.89 Å². The predicted octanol–water partition coefficient (Wildman–Crippen LogP) is 3.66. The summed E-state index contributed by atoms with van der Waals surface area (Å²) < 4.78 is 10.8. The zero-order chi connectivity index (χ0) is 20.5. The Morgan fingerprint density at radius 1 is 1.27 bits per heavy atom. The summed E-state index contributed by atoms with van der Waals surface area (Å²) in [6, 6.07) is 8.58. The first kappa shape index (κ1) is 25.6. The van der Waals surface area contributed by atoms with E-state index in [-0.39, 0.29) is 24.0 Å². The zero-order valence-corrected chi connectivity index (χ0v) is 21.3. The fourth-order valence-electron chi connectivity index (χ4n) is 4.30. The van der Waals surface area contributed by atoms with Gasteiger partial charge in [-0.1, -0.05) is 23.7 Å². The minimum Gasteiger partial charge on any atom is -0.382 e. The van der Waals surface area contributed by atoms with E-state index in [9.17, 15) is 0 Å². The molecular formula is C22H36ClIN4O2. The molecule has 3 rings (SSSR count). The second-order valence-corrected chi connectivity index (χ2v) is 8.35. The number of nitrogens with zero attached hydrogens (tertiary/aromatic N) is 3. The van der Waals surface area contributed by atoms with Crippen LogP contribution in [0.3, 0.4) is 0 Å². The first-order chi connectivity index (χ1) is 14.2. The van der Waals surface area contributed by atoms with Crippen LogP contribution in [-0.2, 0) is 9.47 Å². The lowest BCUT2D eigenvalue weighted by Crippen LogP contribution is -2.44. The van der Waals surface area contributed by atoms with Gasteiger partial charge < -0.3 is 19.7 Å². The van der Waals surface area contributed by atoms with E-state index < -0.39 is 0 Å². The van der Waals surface area contributed by atoms with Gasteiger partial charge in [0.05, 0.1) is 25.9 Å². The first-order valence-electron chi connectivity index (χ1n) is 10.7. The van der Waals surface area contributed by atoms with Gasteiger partial charge in [0.2, 0.25) is 0 Å². The molecule has 0 amide bonds. The Morgan fingerprint density at radius 3 is 2.77 bits per heavy atom. The molecule has 8 heteroatoms. The largest absolute Gasteiger partial charge is 0.382 e. The van der Waals surface area contributed by atoms with Crippen LogP contribution < -0.4 is 5.32 Å². The van der Waals surface area contributed by atoms with Gasteiger partial charge in [0, 0.05) is 44.7 Å². The number of guanidine groups is 1. The maximum Gasteiger partial charge on any atom is 0.193 e. The summed E-state index contributed by atoms with van der Waals surface area (Å²) in [5, 5.41) is 4.43. The molecule has 0 radical (unpaired) electrons. The summed E-state index contributed by atoms with van der Waals surface area (Å²) >= 11 is 6.28. The summed E-state index contributed by atoms with van der Waals surface area (Å²) in [5.41, 5.74) is 1.27. The van der Waals surface area contributed by atoms with Crippen LogP contribution >= 0.6 is 35.6 Å². The van der Waals surface area contributed by atoms with E-state index in [2.05, 4.69) is 32.2 Å². The van der Waals surface area contributed by atoms with Crippen LogP contribution in [0.5, 0.6) is 0 Å². The van der Waals surface area contributed by atoms with Crippen LogP contribution in [0.2, 0.25) is 5.02 Å². The summed E-state index contributed by atoms with van der Waals surface area (Å²) in [6.45, 7) is 7.22. The molecule has 0 spiro atoms. The van der Waals surface area contributed by atoms with E-state index in [1.807, 2.05) is 19.2 Å². The lowest BCUT2D eigenvalue weighted by atomic mass is 10.1. The Labute approximate surface area is 203 Å². The van der Waals surface area contributed by atoms with Gasteiger partial charge in [-0.2, -0.15) is 0 Å². The molecule has 1 aromatic carbocycles. The third kappa shape index (κ3) is 7.51. The van der Waals surface area contributed by atoms with E-state index in [1.165, 1.54) is 18.4 Å². The number of ether oxygens (including phenoxy) is 2. The molecule has 0 aromatic heterocycles. The average molecular weight is 551 g/mol. The molecule has 2 aliphatic heterocycles. The molecule has 0 bridgehead atoms. The number of aliphatic imine (C=N–C) groups is 1. The van der Waals surface area contributed by atoms with Crippen molar-refractivity contribution in [2.24, 2.45) is 10.9 Å². The van der Waals surface area contributed by atoms with Crippen molar-refractivity contribution in [1.82, 2.24) is 15.1 Å². The molecule has 2 unspecified atom stereocenters. The number of likely N-dealkylation sites (tertiary alicyclic amines) is 2. The molecule has 2 saturated heterocycles. The highest BCUT2D eigenvalue weighted by Gasteiger charge is 2.27. The number of halogens is 2. The average Bonchev–Trinajstić information content (AvgIpc) is 3.41. The molecule has 2 heterocycles. The summed E-state index contributed by atoms with van der Waals surface area (Å²) in [7, 11) is 3.57. The standard InChI is InChI=1S/C22H35ClN4O2.HI/c1-24-22(27-11-8-18(16-27)17-29-13-12-28-2)25-15-21(26-9-3-4-10-26)19-6-5-7-20(23)14-19;/h5-7,14,18,21H,3-4,8-13,15-17H2,1-2H3,(H,24,25);1H. The van der Waals surface area contributed by atoms with E-state index in [1.54, 1.807) is 7.11 Å². The number of nitrogens with one attached hydrogen (secondary N) is 1. The van der Waals surface area contributed by atoms with Crippen molar-refractivity contribution in [3.05, 3.63) is 34.9 Å². The van der Waals surface area contributed by atoms with Gasteiger partial charge in [-0.25, -0.2) is 0 Å². The Kier molecular flexibility index (Phi) is 11.7. The Bertz CT molecular complexity index is 658. The molecule has 1 aromatic rings. The first-order valence-corrected chi connectivity index (χ1v) is 11.1. The molecule has 30 heavy (non-hydrogen) atoms. The molecule has 0 saturated carbocycles. The van der Waals surface area contributed by atoms with Crippen LogP contribution in [0.4, 0.5) is 0 Å². The fraction of sp³-hybridized carbons (Fsp3) is 0.682. The van der Waals surface area contributed by atoms with Crippen molar-refractivity contribution in [1.29, 1.82) is 0 Å². The highest BCUT2D eigenvalue weighted by atomic mass is 127. The molecular weight excluding hydrogens is 515 g/mol. The van der Waals surface area contributed by atoms with Gasteiger partial charge in [-0.15, -0.1) is 24.0 Å². The maximum absolute atomic E-state index is 6.28. The highest BCUT2D eigenvalue weighted by molar-refractivity contribution is 14.0. The Hall–Kier alpha value is -0.610. The second-order valence-electron chi connectivity index (χ2n) is 7.91. The van der Waals surface area contributed by atoms with Gasteiger partial charge in [-0.05, 0) is 50.0 Å². The molecule has 2 atom stereocenters. The van der Waals surface area contributed by atoms with Crippen LogP contribution in [0.25, 0.3) is 0 Å². The van der Waals surface area contributed by atoms with Crippen LogP contribution in [0, 0.1) is 5.92 Å². The highest BCUT2D eigenvalue weighted by Crippen LogP contribution is 2.26. The molecule has 0 aliphatic carbocycles. The van der Waals surface area contributed by atoms with Gasteiger partial charge in [0.15, 0.2) is 5.96 Å². The number of hydrogen-bond donors (Lipinski definition) is 1. The Morgan fingerprint density at radius 2 is 2.07 bits per heavy atom. The Balaban J connectivity index is 0.00000320. The molecule has 170 valence electrons. The topological polar surface area (TPSA) is 49.3 Å². The molecule has 6 nitrogen and oxygen atoms in total. The number of rotatable bonds is 9. The van der Waals surface area contributed by atoms with Crippen LogP contribution in [-0.4, -0.2) is 82.5 Å². The quantitative estimate of drug-likeness (QED) is 0.220. The van der Waals surface area contributed by atoms with Crippen molar-refractivity contribution in [2.45, 2.75) is 25.3 Å². The normalized spacial score (nSPS) is 21.0. The van der Waals surface area contributed by atoms with Crippen molar-refractivity contribution in [3.63, 3.8) is 0 Å². The number of methoxy groups -OCH3 is 1. The zero-order valence-electron chi connectivity index (χ0n) is 18.2. The minimum absolute atomic E-state index is 0. The lowest BCUT2D eigenvalue weighted by Gasteiger charge is -2.30. The number of hydrogen-bond acceptors (Lipinski definition) is 4. The van der Waals surface area contributed by atoms with Crippen molar-refractivity contribution >= 4 is 41.5 Å². The van der Waals surface area contributed by atoms with Gasteiger partial charge >= 0.3 is 0 Å². The van der Waals surface area contributed by atoms with Gasteiger partial charge in [0.1, 0.15) is 0 Å². The summed E-state index contributed by atoms with van der Waals surface area (Å²) in [5.74, 6) is 1.53. The number of benzene rings is 1. The fourth-order valence-corrected chi connectivity index (χ4v) is 4.50. The van der Waals surface area contributed by atoms with Crippen LogP contribution in [0.15, 0.2) is 29.3 Å². The molecule has 2 fully saturated rings. The summed E-state index contributed by atoms with van der Waals surface area (Å²) in [6.07, 6.45) is 3.67. The van der Waals surface area contributed by atoms with Crippen LogP contribution in [0.1, 0.15) is 30.9 Å². The summed E-state index contributed by atoms with van der Waals surface area (Å²) in [4.78, 5) is 9.46. The van der Waals surface area contributed by atoms with Crippen molar-refractivity contribution in [2.75, 3.05) is 66.7 Å². The van der Waals surface area contributed by atoms with Crippen molar-refractivity contribution < 1.29 is 9.47 Å². The van der Waals surface area contributed by atoms with E-state index >= 15 is 0 Å². The van der Waals surface area contributed by atoms with E-state index in [0.29, 0.717) is 25.2 Å². The molecule has 2 aliphatic rings. The second kappa shape index (κ2) is 13.7. The maximum atomic E-state index is 6.28. The third-order valence-corrected chi connectivity index (χ3v) is 6.09. The smallest absolute Gasteiger partial charge is 0.193 e. The van der Waals surface area contributed by atoms with Crippen molar-refractivity contribution in [3.8, 4) is 0 Å². The van der Waals surface area contributed by atoms with E-state index in [4.69, 9.17) is 21.1 Å². The SMILES string of the molecule is CN=C(NCC(c1cccc(Cl)c1)N1CCCC1)N1CCC(COCCOC)C1.I. The predicted molar refractivity (Wildman–Crippen MR) is 134 cm³/mol. The third-order valence-electron chi connectivity index (χ3n) is 5.85. The lowest BCUT2D eigenvalue weighted by molar-refractivity contribution is 0.0536. The van der Waals surface area contributed by atoms with E-state index in [0.717, 1.165) is 56.7 Å². The van der Waals surface area contributed by atoms with Gasteiger partial charge in [0.25, 0.3) is 0 Å². The monoisotopic (exact) mass is 550 g/mol. The molecule has 1 N–H and O–H groups in total.